The Morgan fingerprint density at radius 2 is 2.12 bits per heavy atom. The normalized spacial score (nSPS) is 12.0. The van der Waals surface area contributed by atoms with E-state index in [9.17, 15) is 4.79 Å². The van der Waals surface area contributed by atoms with E-state index in [0.717, 1.165) is 15.7 Å². The minimum Gasteiger partial charge on any atom is -0.325 e. The highest BCUT2D eigenvalue weighted by Gasteiger charge is 2.22. The van der Waals surface area contributed by atoms with Gasteiger partial charge in [0.15, 0.2) is 0 Å². The molecule has 0 spiro atoms. The third-order valence-corrected chi connectivity index (χ3v) is 3.47. The van der Waals surface area contributed by atoms with Crippen molar-refractivity contribution in [1.82, 2.24) is 0 Å². The van der Waals surface area contributed by atoms with Gasteiger partial charge in [-0.2, -0.15) is 5.26 Å². The third kappa shape index (κ3) is 3.31. The summed E-state index contributed by atoms with van der Waals surface area (Å²) in [7, 11) is 0. The Morgan fingerprint density at radius 3 is 2.65 bits per heavy atom. The average molecular weight is 295 g/mol. The van der Waals surface area contributed by atoms with Gasteiger partial charge in [0.05, 0.1) is 6.07 Å². The number of carbonyl (C=O) groups excluding carboxylic acids is 1. The van der Waals surface area contributed by atoms with Crippen molar-refractivity contribution in [2.45, 2.75) is 20.8 Å². The molecule has 0 aliphatic heterocycles. The fourth-order valence-electron chi connectivity index (χ4n) is 1.46. The quantitative estimate of drug-likeness (QED) is 0.928. The molecule has 0 saturated carbocycles. The lowest BCUT2D eigenvalue weighted by molar-refractivity contribution is -0.119. The van der Waals surface area contributed by atoms with Crippen molar-refractivity contribution < 1.29 is 4.79 Å². The Kier molecular flexibility index (Phi) is 4.71. The number of nitriles is 1. The van der Waals surface area contributed by atoms with E-state index in [1.54, 1.807) is 0 Å². The number of nitrogens with one attached hydrogen (secondary N) is 1. The first-order chi connectivity index (χ1) is 7.97. The van der Waals surface area contributed by atoms with Crippen LogP contribution in [0, 0.1) is 30.1 Å². The third-order valence-electron chi connectivity index (χ3n) is 2.61. The Morgan fingerprint density at radius 1 is 1.47 bits per heavy atom. The lowest BCUT2D eigenvalue weighted by Gasteiger charge is -2.14. The molecule has 0 aromatic heterocycles. The number of rotatable bonds is 3. The van der Waals surface area contributed by atoms with Gasteiger partial charge in [-0.15, -0.1) is 0 Å². The zero-order valence-electron chi connectivity index (χ0n) is 10.1. The number of carbonyl (C=O) groups is 1. The molecule has 1 unspecified atom stereocenters. The topological polar surface area (TPSA) is 52.9 Å². The second kappa shape index (κ2) is 5.83. The summed E-state index contributed by atoms with van der Waals surface area (Å²) >= 11 is 3.40. The molecular weight excluding hydrogens is 280 g/mol. The zero-order chi connectivity index (χ0) is 13.0. The van der Waals surface area contributed by atoms with Crippen molar-refractivity contribution >= 4 is 27.5 Å². The molecule has 0 saturated heterocycles. The maximum absolute atomic E-state index is 11.9. The monoisotopic (exact) mass is 294 g/mol. The minimum atomic E-state index is -0.617. The second-order valence-corrected chi connectivity index (χ2v) is 5.11. The first-order valence-corrected chi connectivity index (χ1v) is 6.22. The molecule has 17 heavy (non-hydrogen) atoms. The maximum atomic E-state index is 11.9. The van der Waals surface area contributed by atoms with E-state index in [2.05, 4.69) is 21.2 Å². The Balaban J connectivity index is 2.89. The number of hydrogen-bond acceptors (Lipinski definition) is 2. The van der Waals surface area contributed by atoms with Crippen LogP contribution >= 0.6 is 15.9 Å². The Labute approximate surface area is 110 Å². The van der Waals surface area contributed by atoms with Gasteiger partial charge in [0.2, 0.25) is 5.91 Å². The van der Waals surface area contributed by atoms with E-state index in [1.165, 1.54) is 0 Å². The highest BCUT2D eigenvalue weighted by molar-refractivity contribution is 9.10. The summed E-state index contributed by atoms with van der Waals surface area (Å²) in [6.07, 6.45) is 0. The van der Waals surface area contributed by atoms with Crippen LogP contribution < -0.4 is 5.32 Å². The molecule has 1 aromatic rings. The van der Waals surface area contributed by atoms with E-state index < -0.39 is 5.92 Å². The van der Waals surface area contributed by atoms with Gasteiger partial charge in [0.1, 0.15) is 5.92 Å². The van der Waals surface area contributed by atoms with Crippen LogP contribution in [0.5, 0.6) is 0 Å². The summed E-state index contributed by atoms with van der Waals surface area (Å²) in [5.74, 6) is -0.857. The van der Waals surface area contributed by atoms with Gasteiger partial charge in [-0.1, -0.05) is 35.8 Å². The molecule has 3 nitrogen and oxygen atoms in total. The molecule has 1 N–H and O–H groups in total. The van der Waals surface area contributed by atoms with Crippen LogP contribution in [0.2, 0.25) is 0 Å². The summed E-state index contributed by atoms with van der Waals surface area (Å²) in [5, 5.41) is 11.7. The van der Waals surface area contributed by atoms with Crippen LogP contribution in [0.4, 0.5) is 5.69 Å². The fourth-order valence-corrected chi connectivity index (χ4v) is 1.83. The largest absolute Gasteiger partial charge is 0.325 e. The molecule has 0 aliphatic rings. The van der Waals surface area contributed by atoms with E-state index in [-0.39, 0.29) is 11.8 Å². The number of nitrogens with zero attached hydrogens (tertiary/aromatic N) is 1. The molecule has 1 aromatic carbocycles. The number of anilines is 1. The van der Waals surface area contributed by atoms with Crippen molar-refractivity contribution in [3.8, 4) is 6.07 Å². The summed E-state index contributed by atoms with van der Waals surface area (Å²) < 4.78 is 0.938. The summed E-state index contributed by atoms with van der Waals surface area (Å²) in [5.41, 5.74) is 1.70. The van der Waals surface area contributed by atoms with E-state index in [0.29, 0.717) is 0 Å². The summed E-state index contributed by atoms with van der Waals surface area (Å²) in [6.45, 7) is 5.64. The van der Waals surface area contributed by atoms with Gasteiger partial charge < -0.3 is 5.32 Å². The number of hydrogen-bond donors (Lipinski definition) is 1. The lowest BCUT2D eigenvalue weighted by atomic mass is 9.96. The predicted octanol–water partition coefficient (Wildman–Crippen LogP) is 3.49. The fraction of sp³-hybridized carbons (Fsp3) is 0.385. The molecule has 1 atom stereocenters. The van der Waals surface area contributed by atoms with Crippen LogP contribution in [0.3, 0.4) is 0 Å². The van der Waals surface area contributed by atoms with Crippen LogP contribution in [0.15, 0.2) is 22.7 Å². The van der Waals surface area contributed by atoms with E-state index in [1.807, 2.05) is 45.0 Å². The van der Waals surface area contributed by atoms with Crippen LogP contribution in [-0.4, -0.2) is 5.91 Å². The predicted molar refractivity (Wildman–Crippen MR) is 71.4 cm³/mol. The van der Waals surface area contributed by atoms with Crippen molar-refractivity contribution in [3.05, 3.63) is 28.2 Å². The molecule has 0 bridgehead atoms. The van der Waals surface area contributed by atoms with Crippen molar-refractivity contribution in [3.63, 3.8) is 0 Å². The van der Waals surface area contributed by atoms with Crippen molar-refractivity contribution in [1.29, 1.82) is 5.26 Å². The second-order valence-electron chi connectivity index (χ2n) is 4.25. The van der Waals surface area contributed by atoms with Gasteiger partial charge in [0.25, 0.3) is 0 Å². The SMILES string of the molecule is Cc1c(Br)cccc1NC(=O)C(C#N)C(C)C. The van der Waals surface area contributed by atoms with Crippen molar-refractivity contribution in [2.75, 3.05) is 5.32 Å². The molecule has 0 fully saturated rings. The Hall–Kier alpha value is -1.34. The molecule has 4 heteroatoms. The number of amides is 1. The minimum absolute atomic E-state index is 0.00691. The van der Waals surface area contributed by atoms with Gasteiger partial charge in [-0.25, -0.2) is 0 Å². The van der Waals surface area contributed by atoms with Gasteiger partial charge in [-0.05, 0) is 30.5 Å². The Bertz CT molecular complexity index is 463. The van der Waals surface area contributed by atoms with Crippen LogP contribution in [0.1, 0.15) is 19.4 Å². The van der Waals surface area contributed by atoms with Gasteiger partial charge in [0, 0.05) is 10.2 Å². The van der Waals surface area contributed by atoms with E-state index >= 15 is 0 Å². The number of halogens is 1. The summed E-state index contributed by atoms with van der Waals surface area (Å²) in [4.78, 5) is 11.9. The molecule has 0 heterocycles. The first kappa shape index (κ1) is 13.7. The standard InChI is InChI=1S/C13H15BrN2O/c1-8(2)10(7-15)13(17)16-12-6-4-5-11(14)9(12)3/h4-6,8,10H,1-3H3,(H,16,17). The number of benzene rings is 1. The zero-order valence-corrected chi connectivity index (χ0v) is 11.7. The van der Waals surface area contributed by atoms with E-state index in [4.69, 9.17) is 5.26 Å². The smallest absolute Gasteiger partial charge is 0.241 e. The lowest BCUT2D eigenvalue weighted by Crippen LogP contribution is -2.25. The molecular formula is C13H15BrN2O. The van der Waals surface area contributed by atoms with Crippen LogP contribution in [-0.2, 0) is 4.79 Å². The summed E-state index contributed by atoms with van der Waals surface area (Å²) in [6, 6.07) is 7.62. The highest BCUT2D eigenvalue weighted by Crippen LogP contribution is 2.24. The molecule has 1 amide bonds. The molecule has 1 rings (SSSR count). The highest BCUT2D eigenvalue weighted by atomic mass is 79.9. The average Bonchev–Trinajstić information content (AvgIpc) is 2.25. The maximum Gasteiger partial charge on any atom is 0.241 e. The molecule has 90 valence electrons. The molecule has 0 aliphatic carbocycles. The van der Waals surface area contributed by atoms with Crippen molar-refractivity contribution in [2.24, 2.45) is 11.8 Å². The first-order valence-electron chi connectivity index (χ1n) is 5.43. The van der Waals surface area contributed by atoms with Gasteiger partial charge in [-0.3, -0.25) is 4.79 Å². The molecule has 0 radical (unpaired) electrons. The van der Waals surface area contributed by atoms with Gasteiger partial charge >= 0.3 is 0 Å². The van der Waals surface area contributed by atoms with Crippen LogP contribution in [0.25, 0.3) is 0 Å².